The quantitative estimate of drug-likeness (QED) is 0.546. The maximum atomic E-state index is 11.8. The van der Waals surface area contributed by atoms with Crippen LogP contribution < -0.4 is 11.2 Å². The molecule has 9 nitrogen and oxygen atoms in total. The molecule has 2 heterocycles. The summed E-state index contributed by atoms with van der Waals surface area (Å²) >= 11 is 0. The van der Waals surface area contributed by atoms with Crippen molar-refractivity contribution in [2.24, 2.45) is 0 Å². The zero-order valence-electron chi connectivity index (χ0n) is 11.6. The van der Waals surface area contributed by atoms with Crippen LogP contribution in [0.1, 0.15) is 13.2 Å². The number of methoxy groups -OCH3 is 1. The van der Waals surface area contributed by atoms with Crippen LogP contribution in [0.5, 0.6) is 0 Å². The van der Waals surface area contributed by atoms with Gasteiger partial charge in [0.15, 0.2) is 12.5 Å². The predicted octanol–water partition coefficient (Wildman–Crippen LogP) is -1.84. The molecule has 0 saturated carbocycles. The molecule has 0 amide bonds. The molecule has 5 atom stereocenters. The Bertz CT molecular complexity index is 583. The molecular formula is C12H18N2O7. The van der Waals surface area contributed by atoms with E-state index in [-0.39, 0.29) is 0 Å². The minimum Gasteiger partial charge on any atom is -0.394 e. The summed E-state index contributed by atoms with van der Waals surface area (Å²) in [5, 5.41) is 19.3. The van der Waals surface area contributed by atoms with Gasteiger partial charge in [0.1, 0.15) is 18.3 Å². The Morgan fingerprint density at radius 1 is 1.52 bits per heavy atom. The standard InChI is InChI=1S/C12H18N2O7/c1-6(19-2)20-10-9(17)7(5-15)21-11(10)14-4-3-8(16)13-12(14)18/h3-4,6-7,9-11,15,17H,5H2,1-2H3,(H,13,16,18)/t6?,7-,9-,10-,11-/m1/s1. The highest BCUT2D eigenvalue weighted by Crippen LogP contribution is 2.31. The van der Waals surface area contributed by atoms with E-state index in [4.69, 9.17) is 14.2 Å². The largest absolute Gasteiger partial charge is 0.394 e. The molecule has 0 spiro atoms. The van der Waals surface area contributed by atoms with Gasteiger partial charge in [-0.3, -0.25) is 14.3 Å². The highest BCUT2D eigenvalue weighted by Gasteiger charge is 2.46. The van der Waals surface area contributed by atoms with Crippen LogP contribution in [-0.4, -0.2) is 58.1 Å². The van der Waals surface area contributed by atoms with Gasteiger partial charge in [-0.05, 0) is 6.92 Å². The average molecular weight is 302 g/mol. The van der Waals surface area contributed by atoms with Crippen LogP contribution in [0.3, 0.4) is 0 Å². The fraction of sp³-hybridized carbons (Fsp3) is 0.667. The first kappa shape index (κ1) is 15.9. The highest BCUT2D eigenvalue weighted by molar-refractivity contribution is 4.94. The lowest BCUT2D eigenvalue weighted by molar-refractivity contribution is -0.182. The van der Waals surface area contributed by atoms with Gasteiger partial charge in [0.05, 0.1) is 6.61 Å². The van der Waals surface area contributed by atoms with Gasteiger partial charge in [-0.1, -0.05) is 0 Å². The molecule has 0 radical (unpaired) electrons. The van der Waals surface area contributed by atoms with Crippen molar-refractivity contribution >= 4 is 0 Å². The molecule has 118 valence electrons. The number of ether oxygens (including phenoxy) is 3. The number of nitrogens with one attached hydrogen (secondary N) is 1. The van der Waals surface area contributed by atoms with Gasteiger partial charge in [0, 0.05) is 19.4 Å². The van der Waals surface area contributed by atoms with Crippen molar-refractivity contribution in [3.05, 3.63) is 33.1 Å². The van der Waals surface area contributed by atoms with E-state index in [0.29, 0.717) is 0 Å². The van der Waals surface area contributed by atoms with E-state index in [2.05, 4.69) is 4.98 Å². The Morgan fingerprint density at radius 3 is 2.81 bits per heavy atom. The molecule has 21 heavy (non-hydrogen) atoms. The number of nitrogens with zero attached hydrogens (tertiary/aromatic N) is 1. The van der Waals surface area contributed by atoms with E-state index in [1.807, 2.05) is 0 Å². The van der Waals surface area contributed by atoms with E-state index < -0.39 is 48.7 Å². The first-order valence-electron chi connectivity index (χ1n) is 6.42. The van der Waals surface area contributed by atoms with Crippen molar-refractivity contribution in [1.29, 1.82) is 0 Å². The summed E-state index contributed by atoms with van der Waals surface area (Å²) in [5.41, 5.74) is -1.24. The normalized spacial score (nSPS) is 30.5. The summed E-state index contributed by atoms with van der Waals surface area (Å²) in [6, 6.07) is 1.15. The fourth-order valence-electron chi connectivity index (χ4n) is 2.14. The number of hydrogen-bond acceptors (Lipinski definition) is 7. The Balaban J connectivity index is 2.34. The second-order valence-electron chi connectivity index (χ2n) is 4.66. The summed E-state index contributed by atoms with van der Waals surface area (Å²) in [4.78, 5) is 25.0. The van der Waals surface area contributed by atoms with Crippen molar-refractivity contribution in [3.8, 4) is 0 Å². The van der Waals surface area contributed by atoms with Crippen molar-refractivity contribution in [3.63, 3.8) is 0 Å². The second-order valence-corrected chi connectivity index (χ2v) is 4.66. The second kappa shape index (κ2) is 6.50. The molecule has 1 aromatic rings. The third kappa shape index (κ3) is 3.22. The number of aliphatic hydroxyl groups excluding tert-OH is 2. The van der Waals surface area contributed by atoms with E-state index >= 15 is 0 Å². The lowest BCUT2D eigenvalue weighted by Crippen LogP contribution is -2.41. The Morgan fingerprint density at radius 2 is 2.24 bits per heavy atom. The summed E-state index contributed by atoms with van der Waals surface area (Å²) in [6.45, 7) is 1.18. The monoisotopic (exact) mass is 302 g/mol. The van der Waals surface area contributed by atoms with Crippen molar-refractivity contribution < 1.29 is 24.4 Å². The lowest BCUT2D eigenvalue weighted by atomic mass is 10.1. The SMILES string of the molecule is COC(C)O[C@@H]1[C@H](O)[C@@H](CO)O[C@H]1n1ccc(=O)[nH]c1=O. The summed E-state index contributed by atoms with van der Waals surface area (Å²) in [6.07, 6.45) is -3.36. The van der Waals surface area contributed by atoms with Crippen molar-refractivity contribution in [2.75, 3.05) is 13.7 Å². The van der Waals surface area contributed by atoms with Gasteiger partial charge in [-0.2, -0.15) is 0 Å². The first-order chi connectivity index (χ1) is 9.97. The summed E-state index contributed by atoms with van der Waals surface area (Å²) in [5.74, 6) is 0. The molecule has 2 rings (SSSR count). The van der Waals surface area contributed by atoms with Crippen LogP contribution in [0.25, 0.3) is 0 Å². The Hall–Kier alpha value is -1.52. The molecule has 1 aromatic heterocycles. The van der Waals surface area contributed by atoms with Gasteiger partial charge in [0.2, 0.25) is 0 Å². The smallest absolute Gasteiger partial charge is 0.330 e. The fourth-order valence-corrected chi connectivity index (χ4v) is 2.14. The van der Waals surface area contributed by atoms with Crippen molar-refractivity contribution in [1.82, 2.24) is 9.55 Å². The minimum absolute atomic E-state index is 0.434. The number of H-pyrrole nitrogens is 1. The maximum Gasteiger partial charge on any atom is 0.330 e. The van der Waals surface area contributed by atoms with Crippen molar-refractivity contribution in [2.45, 2.75) is 37.8 Å². The number of rotatable bonds is 5. The third-order valence-corrected chi connectivity index (χ3v) is 3.30. The van der Waals surface area contributed by atoms with Crippen LogP contribution in [-0.2, 0) is 14.2 Å². The minimum atomic E-state index is -1.14. The van der Waals surface area contributed by atoms with Crippen LogP contribution in [0.15, 0.2) is 21.9 Å². The van der Waals surface area contributed by atoms with E-state index in [1.54, 1.807) is 6.92 Å². The zero-order valence-corrected chi connectivity index (χ0v) is 11.6. The molecule has 1 unspecified atom stereocenters. The molecule has 1 saturated heterocycles. The summed E-state index contributed by atoms with van der Waals surface area (Å²) in [7, 11) is 1.43. The average Bonchev–Trinajstić information content (AvgIpc) is 2.76. The number of hydrogen-bond donors (Lipinski definition) is 3. The van der Waals surface area contributed by atoms with Crippen LogP contribution in [0.2, 0.25) is 0 Å². The number of aliphatic hydroxyl groups is 2. The van der Waals surface area contributed by atoms with E-state index in [1.165, 1.54) is 13.3 Å². The molecule has 9 heteroatoms. The van der Waals surface area contributed by atoms with E-state index in [0.717, 1.165) is 10.6 Å². The zero-order chi connectivity index (χ0) is 15.6. The van der Waals surface area contributed by atoms with Gasteiger partial charge in [0.25, 0.3) is 5.56 Å². The molecule has 0 aliphatic carbocycles. The maximum absolute atomic E-state index is 11.8. The number of aromatic amines is 1. The highest BCUT2D eigenvalue weighted by atomic mass is 16.7. The molecule has 1 aliphatic heterocycles. The van der Waals surface area contributed by atoms with Gasteiger partial charge < -0.3 is 24.4 Å². The molecule has 1 aliphatic rings. The molecular weight excluding hydrogens is 284 g/mol. The molecule has 3 N–H and O–H groups in total. The van der Waals surface area contributed by atoms with Gasteiger partial charge >= 0.3 is 5.69 Å². The molecule has 1 fully saturated rings. The number of aromatic nitrogens is 2. The summed E-state index contributed by atoms with van der Waals surface area (Å²) < 4.78 is 17.0. The Labute approximate surface area is 119 Å². The third-order valence-electron chi connectivity index (χ3n) is 3.30. The topological polar surface area (TPSA) is 123 Å². The van der Waals surface area contributed by atoms with Crippen LogP contribution in [0.4, 0.5) is 0 Å². The van der Waals surface area contributed by atoms with E-state index in [9.17, 15) is 19.8 Å². The van der Waals surface area contributed by atoms with Gasteiger partial charge in [-0.15, -0.1) is 0 Å². The van der Waals surface area contributed by atoms with Gasteiger partial charge in [-0.25, -0.2) is 4.79 Å². The Kier molecular flexibility index (Phi) is 4.91. The molecule has 0 bridgehead atoms. The predicted molar refractivity (Wildman–Crippen MR) is 69.7 cm³/mol. The first-order valence-corrected chi connectivity index (χ1v) is 6.42. The van der Waals surface area contributed by atoms with Crippen LogP contribution in [0, 0.1) is 0 Å². The van der Waals surface area contributed by atoms with Crippen LogP contribution >= 0.6 is 0 Å². The molecule has 0 aromatic carbocycles. The lowest BCUT2D eigenvalue weighted by Gasteiger charge is -2.24.